The molecule has 0 amide bonds. The summed E-state index contributed by atoms with van der Waals surface area (Å²) >= 11 is 0. The second-order valence-electron chi connectivity index (χ2n) is 6.49. The Morgan fingerprint density at radius 3 is 2.36 bits per heavy atom. The number of hydrogen-bond donors (Lipinski definition) is 2. The van der Waals surface area contributed by atoms with Crippen molar-refractivity contribution < 1.29 is 4.74 Å². The summed E-state index contributed by atoms with van der Waals surface area (Å²) in [6.07, 6.45) is 6.45. The largest absolute Gasteiger partial charge is 0.385 e. The summed E-state index contributed by atoms with van der Waals surface area (Å²) in [5.41, 5.74) is 0. The van der Waals surface area contributed by atoms with Crippen molar-refractivity contribution in [2.45, 2.75) is 52.0 Å². The monoisotopic (exact) mass is 312 g/mol. The second kappa shape index (κ2) is 11.7. The number of rotatable bonds is 8. The van der Waals surface area contributed by atoms with Crippen LogP contribution in [0, 0.1) is 5.92 Å². The minimum Gasteiger partial charge on any atom is -0.385 e. The van der Waals surface area contributed by atoms with Gasteiger partial charge in [-0.15, -0.1) is 0 Å². The summed E-state index contributed by atoms with van der Waals surface area (Å²) in [7, 11) is 3.57. The lowest BCUT2D eigenvalue weighted by Gasteiger charge is -2.34. The van der Waals surface area contributed by atoms with Crippen LogP contribution >= 0.6 is 0 Å². The van der Waals surface area contributed by atoms with Crippen molar-refractivity contribution in [2.24, 2.45) is 10.9 Å². The van der Waals surface area contributed by atoms with Crippen LogP contribution in [0.2, 0.25) is 0 Å². The lowest BCUT2D eigenvalue weighted by Crippen LogP contribution is -2.49. The minimum absolute atomic E-state index is 0.579. The molecular weight excluding hydrogens is 276 g/mol. The Bertz CT molecular complexity index is 299. The van der Waals surface area contributed by atoms with Gasteiger partial charge in [0.2, 0.25) is 0 Å². The molecule has 1 heterocycles. The first kappa shape index (κ1) is 19.2. The Hall–Kier alpha value is -0.810. The van der Waals surface area contributed by atoms with Crippen LogP contribution < -0.4 is 10.6 Å². The van der Waals surface area contributed by atoms with Crippen LogP contribution in [0.3, 0.4) is 0 Å². The van der Waals surface area contributed by atoms with Crippen LogP contribution in [0.1, 0.15) is 46.0 Å². The van der Waals surface area contributed by atoms with Crippen molar-refractivity contribution in [1.82, 2.24) is 15.5 Å². The van der Waals surface area contributed by atoms with Gasteiger partial charge >= 0.3 is 0 Å². The number of guanidine groups is 1. The van der Waals surface area contributed by atoms with Crippen LogP contribution in [-0.4, -0.2) is 63.8 Å². The molecule has 1 saturated heterocycles. The predicted octanol–water partition coefficient (Wildman–Crippen LogP) is 2.09. The number of likely N-dealkylation sites (tertiary alicyclic amines) is 1. The fourth-order valence-corrected chi connectivity index (χ4v) is 3.06. The molecule has 0 bridgehead atoms. The molecule has 0 aromatic rings. The molecule has 2 N–H and O–H groups in total. The average molecular weight is 313 g/mol. The van der Waals surface area contributed by atoms with E-state index in [-0.39, 0.29) is 0 Å². The van der Waals surface area contributed by atoms with E-state index in [2.05, 4.69) is 34.4 Å². The fourth-order valence-electron chi connectivity index (χ4n) is 3.06. The van der Waals surface area contributed by atoms with Gasteiger partial charge in [-0.05, 0) is 38.3 Å². The summed E-state index contributed by atoms with van der Waals surface area (Å²) < 4.78 is 5.07. The Kier molecular flexibility index (Phi) is 10.2. The number of methoxy groups -OCH3 is 1. The zero-order chi connectivity index (χ0) is 16.2. The third-order valence-corrected chi connectivity index (χ3v) is 4.40. The van der Waals surface area contributed by atoms with Crippen LogP contribution in [0.4, 0.5) is 0 Å². The van der Waals surface area contributed by atoms with Gasteiger partial charge in [0, 0.05) is 39.9 Å². The molecule has 1 aliphatic rings. The zero-order valence-electron chi connectivity index (χ0n) is 15.0. The number of ether oxygens (including phenoxy) is 1. The number of nitrogens with one attached hydrogen (secondary N) is 2. The van der Waals surface area contributed by atoms with Crippen molar-refractivity contribution in [1.29, 1.82) is 0 Å². The number of aliphatic imine (C=N–C) groups is 1. The van der Waals surface area contributed by atoms with Crippen molar-refractivity contribution in [3.8, 4) is 0 Å². The van der Waals surface area contributed by atoms with Crippen molar-refractivity contribution in [3.05, 3.63) is 0 Å². The highest BCUT2D eigenvalue weighted by molar-refractivity contribution is 5.79. The van der Waals surface area contributed by atoms with Crippen molar-refractivity contribution in [2.75, 3.05) is 46.9 Å². The third kappa shape index (κ3) is 7.45. The highest BCUT2D eigenvalue weighted by Gasteiger charge is 2.22. The van der Waals surface area contributed by atoms with E-state index < -0.39 is 0 Å². The van der Waals surface area contributed by atoms with E-state index in [9.17, 15) is 0 Å². The van der Waals surface area contributed by atoms with Gasteiger partial charge < -0.3 is 15.4 Å². The van der Waals surface area contributed by atoms with Gasteiger partial charge in [0.15, 0.2) is 5.96 Å². The molecule has 0 aliphatic carbocycles. The topological polar surface area (TPSA) is 48.9 Å². The van der Waals surface area contributed by atoms with E-state index in [1.807, 2.05) is 7.05 Å². The van der Waals surface area contributed by atoms with Gasteiger partial charge in [0.05, 0.1) is 0 Å². The Balaban J connectivity index is 2.41. The van der Waals surface area contributed by atoms with Gasteiger partial charge in [-0.1, -0.05) is 26.7 Å². The first-order chi connectivity index (χ1) is 10.7. The van der Waals surface area contributed by atoms with Crippen LogP contribution in [0.15, 0.2) is 4.99 Å². The lowest BCUT2D eigenvalue weighted by atomic mass is 10.0. The first-order valence-electron chi connectivity index (χ1n) is 8.86. The zero-order valence-corrected chi connectivity index (χ0v) is 15.0. The molecule has 0 saturated carbocycles. The molecule has 0 aromatic heterocycles. The van der Waals surface area contributed by atoms with Crippen LogP contribution in [0.25, 0.3) is 0 Å². The first-order valence-corrected chi connectivity index (χ1v) is 8.86. The Morgan fingerprint density at radius 2 is 1.82 bits per heavy atom. The molecule has 1 aliphatic heterocycles. The maximum atomic E-state index is 5.07. The molecule has 0 spiro atoms. The maximum Gasteiger partial charge on any atom is 0.191 e. The molecule has 1 rings (SSSR count). The summed E-state index contributed by atoms with van der Waals surface area (Å²) in [6.45, 7) is 9.77. The highest BCUT2D eigenvalue weighted by Crippen LogP contribution is 2.16. The smallest absolute Gasteiger partial charge is 0.191 e. The van der Waals surface area contributed by atoms with Crippen molar-refractivity contribution in [3.63, 3.8) is 0 Å². The summed E-state index contributed by atoms with van der Waals surface area (Å²) in [5.74, 6) is 1.55. The van der Waals surface area contributed by atoms with E-state index in [1.54, 1.807) is 7.11 Å². The quantitative estimate of drug-likeness (QED) is 0.409. The molecule has 5 nitrogen and oxygen atoms in total. The average Bonchev–Trinajstić information content (AvgIpc) is 2.78. The number of nitrogens with zero attached hydrogens (tertiary/aromatic N) is 2. The highest BCUT2D eigenvalue weighted by atomic mass is 16.5. The van der Waals surface area contributed by atoms with Gasteiger partial charge in [-0.2, -0.15) is 0 Å². The third-order valence-electron chi connectivity index (χ3n) is 4.40. The fraction of sp³-hybridized carbons (Fsp3) is 0.941. The Labute approximate surface area is 136 Å². The van der Waals surface area contributed by atoms with Crippen LogP contribution in [-0.2, 0) is 4.74 Å². The van der Waals surface area contributed by atoms with Crippen LogP contribution in [0.5, 0.6) is 0 Å². The normalized spacial score (nSPS) is 19.0. The maximum absolute atomic E-state index is 5.07. The molecule has 0 aromatic carbocycles. The molecule has 130 valence electrons. The summed E-state index contributed by atoms with van der Waals surface area (Å²) in [6, 6.07) is 0.579. The predicted molar refractivity (Wildman–Crippen MR) is 94.5 cm³/mol. The van der Waals surface area contributed by atoms with E-state index in [0.29, 0.717) is 12.0 Å². The SMILES string of the molecule is CN=C(NCCCOC)NCC(C(C)C)N1CCCCCC1. The molecular formula is C17H36N4O. The number of hydrogen-bond acceptors (Lipinski definition) is 3. The lowest BCUT2D eigenvalue weighted by molar-refractivity contribution is 0.161. The van der Waals surface area contributed by atoms with Crippen molar-refractivity contribution >= 4 is 5.96 Å². The summed E-state index contributed by atoms with van der Waals surface area (Å²) in [5, 5.41) is 6.86. The molecule has 1 atom stereocenters. The standard InChI is InChI=1S/C17H36N4O/c1-15(2)16(21-11-7-5-6-8-12-21)14-20-17(18-3)19-10-9-13-22-4/h15-16H,5-14H2,1-4H3,(H2,18,19,20). The van der Waals surface area contributed by atoms with E-state index in [1.165, 1.54) is 38.8 Å². The van der Waals surface area contributed by atoms with Gasteiger partial charge in [-0.25, -0.2) is 0 Å². The second-order valence-corrected chi connectivity index (χ2v) is 6.49. The van der Waals surface area contributed by atoms with E-state index in [4.69, 9.17) is 4.74 Å². The van der Waals surface area contributed by atoms with E-state index in [0.717, 1.165) is 32.1 Å². The minimum atomic E-state index is 0.579. The van der Waals surface area contributed by atoms with Gasteiger partial charge in [0.25, 0.3) is 0 Å². The van der Waals surface area contributed by atoms with Gasteiger partial charge in [-0.3, -0.25) is 9.89 Å². The molecule has 0 radical (unpaired) electrons. The van der Waals surface area contributed by atoms with Gasteiger partial charge in [0.1, 0.15) is 0 Å². The molecule has 5 heteroatoms. The molecule has 1 fully saturated rings. The Morgan fingerprint density at radius 1 is 1.14 bits per heavy atom. The van der Waals surface area contributed by atoms with E-state index >= 15 is 0 Å². The molecule has 22 heavy (non-hydrogen) atoms. The molecule has 1 unspecified atom stereocenters. The summed E-state index contributed by atoms with van der Waals surface area (Å²) in [4.78, 5) is 6.99.